The van der Waals surface area contributed by atoms with Crippen LogP contribution in [-0.2, 0) is 35.6 Å². The first-order valence-electron chi connectivity index (χ1n) is 17.7. The first kappa shape index (κ1) is 36.8. The molecule has 0 aliphatic carbocycles. The third-order valence-electron chi connectivity index (χ3n) is 9.86. The van der Waals surface area contributed by atoms with E-state index in [-0.39, 0.29) is 18.4 Å². The molecule has 2 aliphatic rings. The van der Waals surface area contributed by atoms with Gasteiger partial charge in [0, 0.05) is 13.0 Å². The van der Waals surface area contributed by atoms with E-state index in [1.807, 2.05) is 90.7 Å². The predicted octanol–water partition coefficient (Wildman–Crippen LogP) is 8.18. The molecule has 7 rings (SSSR count). The lowest BCUT2D eigenvalue weighted by Gasteiger charge is -2.37. The van der Waals surface area contributed by atoms with Crippen LogP contribution >= 0.6 is 23.2 Å². The van der Waals surface area contributed by atoms with E-state index in [4.69, 9.17) is 42.7 Å². The van der Waals surface area contributed by atoms with Crippen LogP contribution in [0.1, 0.15) is 46.4 Å². The monoisotopic (exact) mass is 761 g/mol. The second-order valence-electron chi connectivity index (χ2n) is 13.4. The molecule has 0 radical (unpaired) electrons. The zero-order chi connectivity index (χ0) is 37.8. The van der Waals surface area contributed by atoms with Crippen LogP contribution in [0.3, 0.4) is 0 Å². The molecule has 0 fully saturated rings. The highest BCUT2D eigenvalue weighted by atomic mass is 35.5. The van der Waals surface area contributed by atoms with Crippen LogP contribution in [0.5, 0.6) is 17.2 Å². The molecular formula is C43H37Cl2N3O6. The number of rotatable bonds is 11. The molecule has 3 atom stereocenters. The number of ether oxygens (including phenoxy) is 3. The van der Waals surface area contributed by atoms with Crippen molar-refractivity contribution in [1.29, 1.82) is 5.26 Å². The van der Waals surface area contributed by atoms with E-state index in [0.717, 1.165) is 38.9 Å². The van der Waals surface area contributed by atoms with Crippen molar-refractivity contribution < 1.29 is 28.9 Å². The summed E-state index contributed by atoms with van der Waals surface area (Å²) < 4.78 is 18.6. The van der Waals surface area contributed by atoms with E-state index in [1.54, 1.807) is 24.3 Å². The lowest BCUT2D eigenvalue weighted by molar-refractivity contribution is -0.142. The molecule has 0 saturated carbocycles. The number of amides is 1. The van der Waals surface area contributed by atoms with E-state index in [9.17, 15) is 14.7 Å². The smallest absolute Gasteiger partial charge is 0.326 e. The normalized spacial score (nSPS) is 16.8. The van der Waals surface area contributed by atoms with Crippen LogP contribution < -0.4 is 19.5 Å². The number of carboxylic acid groups (broad SMARTS) is 1. The zero-order valence-electron chi connectivity index (χ0n) is 29.4. The number of halogens is 2. The van der Waals surface area contributed by atoms with Crippen molar-refractivity contribution in [2.24, 2.45) is 0 Å². The minimum atomic E-state index is -1.10. The summed E-state index contributed by atoms with van der Waals surface area (Å²) in [5.74, 6) is 0.532. The lowest BCUT2D eigenvalue weighted by Crippen LogP contribution is -2.54. The SMILES string of the molecule is CCN1Cc2cc3c(cc2CC1C(=O)N[C@@H](Cc1ccc(-c2ccc(C#N)cc2)cc1)C(=O)O)OC[C@H](c1ccc(OCc2ccc(Cl)c(Cl)c2)cc1)O3. The van der Waals surface area contributed by atoms with Gasteiger partial charge in [0.1, 0.15) is 25.0 Å². The van der Waals surface area contributed by atoms with Crippen LogP contribution in [0.4, 0.5) is 0 Å². The second-order valence-corrected chi connectivity index (χ2v) is 14.2. The standard InChI is InChI=1S/C43H37Cl2N3O6/c1-2-48-23-33-21-40-39(53-25-41(54-40)31-12-14-34(15-13-31)52-24-28-7-16-35(44)36(45)17-28)20-32(33)19-38(48)42(49)47-37(43(50)51)18-26-3-8-29(9-4-26)30-10-5-27(22-46)6-11-30/h3-17,20-21,37-38,41H,2,18-19,23-25H2,1H3,(H,47,49)(H,50,51)/t37-,38?,41+/m0/s1. The molecule has 0 saturated heterocycles. The van der Waals surface area contributed by atoms with Gasteiger partial charge in [-0.3, -0.25) is 9.69 Å². The van der Waals surface area contributed by atoms with Crippen molar-refractivity contribution in [1.82, 2.24) is 10.2 Å². The highest BCUT2D eigenvalue weighted by Gasteiger charge is 2.35. The first-order chi connectivity index (χ1) is 26.2. The zero-order valence-corrected chi connectivity index (χ0v) is 30.9. The molecule has 0 bridgehead atoms. The van der Waals surface area contributed by atoms with Crippen molar-refractivity contribution >= 4 is 35.1 Å². The maximum absolute atomic E-state index is 13.7. The average molecular weight is 763 g/mol. The number of hydrogen-bond acceptors (Lipinski definition) is 7. The Hall–Kier alpha value is -5.53. The molecule has 274 valence electrons. The molecule has 1 amide bonds. The fourth-order valence-electron chi connectivity index (χ4n) is 6.81. The molecule has 54 heavy (non-hydrogen) atoms. The third-order valence-corrected chi connectivity index (χ3v) is 10.6. The predicted molar refractivity (Wildman–Crippen MR) is 206 cm³/mol. The molecule has 2 aliphatic heterocycles. The van der Waals surface area contributed by atoms with E-state index in [2.05, 4.69) is 11.4 Å². The van der Waals surface area contributed by atoms with Gasteiger partial charge in [0.2, 0.25) is 5.91 Å². The van der Waals surface area contributed by atoms with Crippen molar-refractivity contribution in [3.05, 3.63) is 147 Å². The van der Waals surface area contributed by atoms with Gasteiger partial charge in [-0.15, -0.1) is 0 Å². The summed E-state index contributed by atoms with van der Waals surface area (Å²) in [6.07, 6.45) is 0.229. The lowest BCUT2D eigenvalue weighted by atomic mass is 9.92. The molecule has 1 unspecified atom stereocenters. The summed E-state index contributed by atoms with van der Waals surface area (Å²) in [5, 5.41) is 22.9. The van der Waals surface area contributed by atoms with Crippen molar-refractivity contribution in [2.75, 3.05) is 13.2 Å². The number of carbonyl (C=O) groups excluding carboxylic acids is 1. The van der Waals surface area contributed by atoms with Crippen LogP contribution in [0.2, 0.25) is 10.0 Å². The number of fused-ring (bicyclic) bond motifs is 2. The number of likely N-dealkylation sites (N-methyl/N-ethyl adjacent to an activating group) is 1. The Morgan fingerprint density at radius 2 is 1.59 bits per heavy atom. The van der Waals surface area contributed by atoms with Crippen molar-refractivity contribution in [2.45, 2.75) is 51.1 Å². The molecule has 2 N–H and O–H groups in total. The largest absolute Gasteiger partial charge is 0.489 e. The highest BCUT2D eigenvalue weighted by molar-refractivity contribution is 6.42. The van der Waals surface area contributed by atoms with Gasteiger partial charge < -0.3 is 24.6 Å². The molecule has 5 aromatic rings. The van der Waals surface area contributed by atoms with Gasteiger partial charge >= 0.3 is 5.97 Å². The van der Waals surface area contributed by atoms with Crippen molar-refractivity contribution in [3.63, 3.8) is 0 Å². The first-order valence-corrected chi connectivity index (χ1v) is 18.4. The molecule has 0 aromatic heterocycles. The Kier molecular flexibility index (Phi) is 11.1. The Balaban J connectivity index is 0.977. The number of nitrogens with one attached hydrogen (secondary N) is 1. The summed E-state index contributed by atoms with van der Waals surface area (Å²) in [4.78, 5) is 28.1. The maximum atomic E-state index is 13.7. The average Bonchev–Trinajstić information content (AvgIpc) is 3.20. The fourth-order valence-corrected chi connectivity index (χ4v) is 7.13. The number of carboxylic acids is 1. The number of benzene rings is 5. The number of hydrogen-bond donors (Lipinski definition) is 2. The van der Waals surface area contributed by atoms with Gasteiger partial charge in [-0.05, 0) is 100 Å². The van der Waals surface area contributed by atoms with E-state index >= 15 is 0 Å². The van der Waals surface area contributed by atoms with E-state index < -0.39 is 18.1 Å². The molecule has 5 aromatic carbocycles. The van der Waals surface area contributed by atoms with Gasteiger partial charge in [-0.1, -0.05) is 84.7 Å². The van der Waals surface area contributed by atoms with Crippen LogP contribution in [0, 0.1) is 11.3 Å². The van der Waals surface area contributed by atoms with E-state index in [1.165, 1.54) is 0 Å². The second kappa shape index (κ2) is 16.2. The van der Waals surface area contributed by atoms with Gasteiger partial charge in [-0.25, -0.2) is 4.79 Å². The summed E-state index contributed by atoms with van der Waals surface area (Å²) in [5.41, 5.74) is 7.13. The third kappa shape index (κ3) is 8.32. The molecular weight excluding hydrogens is 725 g/mol. The number of aliphatic carboxylic acids is 1. The Morgan fingerprint density at radius 3 is 2.26 bits per heavy atom. The molecule has 9 nitrogen and oxygen atoms in total. The maximum Gasteiger partial charge on any atom is 0.326 e. The van der Waals surface area contributed by atoms with Gasteiger partial charge in [0.05, 0.1) is 27.7 Å². The summed E-state index contributed by atoms with van der Waals surface area (Å²) >= 11 is 12.1. The summed E-state index contributed by atoms with van der Waals surface area (Å²) in [7, 11) is 0. The fraction of sp³-hybridized carbons (Fsp3) is 0.233. The van der Waals surface area contributed by atoms with E-state index in [0.29, 0.717) is 65.6 Å². The number of carbonyl (C=O) groups is 2. The van der Waals surface area contributed by atoms with Crippen LogP contribution in [0.15, 0.2) is 103 Å². The minimum absolute atomic E-state index is 0.137. The van der Waals surface area contributed by atoms with Crippen LogP contribution in [0.25, 0.3) is 11.1 Å². The molecule has 11 heteroatoms. The summed E-state index contributed by atoms with van der Waals surface area (Å²) in [6, 6.07) is 32.3. The van der Waals surface area contributed by atoms with Crippen LogP contribution in [-0.4, -0.2) is 47.1 Å². The Morgan fingerprint density at radius 1 is 0.907 bits per heavy atom. The highest BCUT2D eigenvalue weighted by Crippen LogP contribution is 2.41. The van der Waals surface area contributed by atoms with Crippen molar-refractivity contribution in [3.8, 4) is 34.4 Å². The quantitative estimate of drug-likeness (QED) is 0.138. The number of nitrogens with zero attached hydrogens (tertiary/aromatic N) is 2. The number of nitriles is 1. The minimum Gasteiger partial charge on any atom is -0.489 e. The summed E-state index contributed by atoms with van der Waals surface area (Å²) in [6.45, 7) is 3.76. The van der Waals surface area contributed by atoms with Gasteiger partial charge in [-0.2, -0.15) is 5.26 Å². The molecule has 2 heterocycles. The Bertz CT molecular complexity index is 2200. The van der Waals surface area contributed by atoms with Gasteiger partial charge in [0.15, 0.2) is 17.6 Å². The molecule has 0 spiro atoms. The topological polar surface area (TPSA) is 121 Å². The van der Waals surface area contributed by atoms with Gasteiger partial charge in [0.25, 0.3) is 0 Å². The Labute approximate surface area is 323 Å².